The monoisotopic (exact) mass is 294 g/mol. The molecule has 1 amide bonds. The molecule has 1 aliphatic heterocycles. The van der Waals surface area contributed by atoms with Crippen molar-refractivity contribution >= 4 is 27.5 Å². The van der Waals surface area contributed by atoms with Crippen molar-refractivity contribution in [3.63, 3.8) is 0 Å². The smallest absolute Gasteiger partial charge is 0.265 e. The van der Waals surface area contributed by atoms with Gasteiger partial charge in [0.05, 0.1) is 17.7 Å². The van der Waals surface area contributed by atoms with Crippen LogP contribution in [-0.2, 0) is 4.79 Å². The molecule has 1 heterocycles. The van der Waals surface area contributed by atoms with Gasteiger partial charge in [0.15, 0.2) is 6.61 Å². The molecule has 1 unspecified atom stereocenters. The first-order valence-corrected chi connectivity index (χ1v) is 6.03. The third-order valence-corrected chi connectivity index (χ3v) is 3.03. The molecule has 1 aliphatic rings. The SMILES string of the molecule is CC(C#N)CN1C(=O)COc2ccc(Br)cc21. The van der Waals surface area contributed by atoms with Crippen molar-refractivity contribution in [3.05, 3.63) is 22.7 Å². The summed E-state index contributed by atoms with van der Waals surface area (Å²) in [5.41, 5.74) is 0.720. The highest BCUT2D eigenvalue weighted by Gasteiger charge is 2.26. The average Bonchev–Trinajstić information content (AvgIpc) is 2.32. The Labute approximate surface area is 108 Å². The summed E-state index contributed by atoms with van der Waals surface area (Å²) in [6.45, 7) is 2.22. The van der Waals surface area contributed by atoms with Crippen LogP contribution in [0.25, 0.3) is 0 Å². The minimum absolute atomic E-state index is 0.0345. The number of halogens is 1. The summed E-state index contributed by atoms with van der Waals surface area (Å²) in [4.78, 5) is 13.4. The molecule has 0 N–H and O–H groups in total. The van der Waals surface area contributed by atoms with E-state index in [9.17, 15) is 4.79 Å². The van der Waals surface area contributed by atoms with Gasteiger partial charge in [-0.15, -0.1) is 0 Å². The van der Waals surface area contributed by atoms with Gasteiger partial charge in [0.25, 0.3) is 5.91 Å². The first-order chi connectivity index (χ1) is 8.11. The van der Waals surface area contributed by atoms with Crippen LogP contribution in [0.1, 0.15) is 6.92 Å². The molecule has 88 valence electrons. The number of rotatable bonds is 2. The van der Waals surface area contributed by atoms with E-state index in [1.807, 2.05) is 18.2 Å². The topological polar surface area (TPSA) is 53.3 Å². The van der Waals surface area contributed by atoms with Crippen LogP contribution in [0.15, 0.2) is 22.7 Å². The number of hydrogen-bond donors (Lipinski definition) is 0. The molecule has 0 aromatic heterocycles. The summed E-state index contributed by atoms with van der Waals surface area (Å²) in [6.07, 6.45) is 0. The molecular formula is C12H11BrN2O2. The van der Waals surface area contributed by atoms with E-state index in [0.717, 1.165) is 10.2 Å². The maximum Gasteiger partial charge on any atom is 0.265 e. The highest BCUT2D eigenvalue weighted by atomic mass is 79.9. The van der Waals surface area contributed by atoms with E-state index in [1.54, 1.807) is 11.8 Å². The van der Waals surface area contributed by atoms with Gasteiger partial charge < -0.3 is 9.64 Å². The number of hydrogen-bond acceptors (Lipinski definition) is 3. The van der Waals surface area contributed by atoms with Crippen LogP contribution in [0.3, 0.4) is 0 Å². The van der Waals surface area contributed by atoms with Gasteiger partial charge in [-0.05, 0) is 25.1 Å². The number of nitriles is 1. The summed E-state index contributed by atoms with van der Waals surface area (Å²) in [5, 5.41) is 8.83. The summed E-state index contributed by atoms with van der Waals surface area (Å²) >= 11 is 3.36. The maximum absolute atomic E-state index is 11.8. The molecule has 0 saturated carbocycles. The van der Waals surface area contributed by atoms with Crippen molar-refractivity contribution in [2.45, 2.75) is 6.92 Å². The normalized spacial score (nSPS) is 15.8. The number of fused-ring (bicyclic) bond motifs is 1. The minimum atomic E-state index is -0.205. The Bertz CT molecular complexity index is 496. The Hall–Kier alpha value is -1.54. The lowest BCUT2D eigenvalue weighted by atomic mass is 10.1. The number of carbonyl (C=O) groups excluding carboxylic acids is 1. The average molecular weight is 295 g/mol. The first kappa shape index (κ1) is 11.9. The molecule has 2 rings (SSSR count). The fraction of sp³-hybridized carbons (Fsp3) is 0.333. The number of amides is 1. The van der Waals surface area contributed by atoms with Gasteiger partial charge in [-0.25, -0.2) is 0 Å². The molecule has 0 fully saturated rings. The molecule has 0 bridgehead atoms. The number of benzene rings is 1. The van der Waals surface area contributed by atoms with Crippen molar-refractivity contribution in [3.8, 4) is 11.8 Å². The minimum Gasteiger partial charge on any atom is -0.482 e. The Morgan fingerprint density at radius 3 is 3.12 bits per heavy atom. The lowest BCUT2D eigenvalue weighted by Gasteiger charge is -2.30. The van der Waals surface area contributed by atoms with Crippen molar-refractivity contribution in [1.82, 2.24) is 0 Å². The van der Waals surface area contributed by atoms with Crippen molar-refractivity contribution in [1.29, 1.82) is 5.26 Å². The molecule has 17 heavy (non-hydrogen) atoms. The summed E-state index contributed by atoms with van der Waals surface area (Å²) in [7, 11) is 0. The van der Waals surface area contributed by atoms with Crippen molar-refractivity contribution in [2.75, 3.05) is 18.1 Å². The molecule has 0 radical (unpaired) electrons. The third kappa shape index (κ3) is 2.42. The van der Waals surface area contributed by atoms with E-state index in [-0.39, 0.29) is 18.4 Å². The maximum atomic E-state index is 11.8. The second-order valence-electron chi connectivity index (χ2n) is 3.94. The van der Waals surface area contributed by atoms with Crippen LogP contribution in [0, 0.1) is 17.2 Å². The van der Waals surface area contributed by atoms with Crippen LogP contribution in [0.4, 0.5) is 5.69 Å². The summed E-state index contributed by atoms with van der Waals surface area (Å²) < 4.78 is 6.22. The number of nitrogens with zero attached hydrogens (tertiary/aromatic N) is 2. The van der Waals surface area contributed by atoms with Crippen molar-refractivity contribution < 1.29 is 9.53 Å². The van der Waals surface area contributed by atoms with Crippen molar-refractivity contribution in [2.24, 2.45) is 5.92 Å². The third-order valence-electron chi connectivity index (χ3n) is 2.54. The molecule has 1 aromatic rings. The van der Waals surface area contributed by atoms with Gasteiger partial charge in [-0.3, -0.25) is 4.79 Å². The summed E-state index contributed by atoms with van der Waals surface area (Å²) in [6, 6.07) is 7.64. The number of anilines is 1. The van der Waals surface area contributed by atoms with Crippen LogP contribution in [0.2, 0.25) is 0 Å². The van der Waals surface area contributed by atoms with Gasteiger partial charge in [-0.1, -0.05) is 15.9 Å². The highest BCUT2D eigenvalue weighted by molar-refractivity contribution is 9.10. The Kier molecular flexibility index (Phi) is 3.34. The van der Waals surface area contributed by atoms with Gasteiger partial charge in [-0.2, -0.15) is 5.26 Å². The Morgan fingerprint density at radius 2 is 2.41 bits per heavy atom. The molecule has 1 atom stereocenters. The number of carbonyl (C=O) groups is 1. The van der Waals surface area contributed by atoms with E-state index in [0.29, 0.717) is 12.3 Å². The lowest BCUT2D eigenvalue weighted by Crippen LogP contribution is -2.41. The van der Waals surface area contributed by atoms with E-state index < -0.39 is 0 Å². The standard InChI is InChI=1S/C12H11BrN2O2/c1-8(5-14)6-15-10-4-9(13)2-3-11(10)17-7-12(15)16/h2-4,8H,6-7H2,1H3. The quantitative estimate of drug-likeness (QED) is 0.841. The molecule has 0 aliphatic carbocycles. The van der Waals surface area contributed by atoms with E-state index >= 15 is 0 Å². The zero-order chi connectivity index (χ0) is 12.4. The fourth-order valence-corrected chi connectivity index (χ4v) is 2.04. The van der Waals surface area contributed by atoms with Gasteiger partial charge in [0.2, 0.25) is 0 Å². The second kappa shape index (κ2) is 4.76. The first-order valence-electron chi connectivity index (χ1n) is 5.24. The predicted octanol–water partition coefficient (Wildman–Crippen LogP) is 2.33. The van der Waals surface area contributed by atoms with E-state index in [2.05, 4.69) is 22.0 Å². The lowest BCUT2D eigenvalue weighted by molar-refractivity contribution is -0.121. The Morgan fingerprint density at radius 1 is 1.65 bits per heavy atom. The largest absolute Gasteiger partial charge is 0.482 e. The van der Waals surface area contributed by atoms with Gasteiger partial charge in [0.1, 0.15) is 5.75 Å². The van der Waals surface area contributed by atoms with Crippen LogP contribution < -0.4 is 9.64 Å². The van der Waals surface area contributed by atoms with Crippen LogP contribution in [-0.4, -0.2) is 19.1 Å². The fourth-order valence-electron chi connectivity index (χ4n) is 1.69. The van der Waals surface area contributed by atoms with Crippen LogP contribution in [0.5, 0.6) is 5.75 Å². The summed E-state index contributed by atoms with van der Waals surface area (Å²) in [5.74, 6) is 0.361. The van der Waals surface area contributed by atoms with E-state index in [4.69, 9.17) is 10.00 Å². The molecule has 0 spiro atoms. The molecule has 1 aromatic carbocycles. The van der Waals surface area contributed by atoms with Crippen LogP contribution >= 0.6 is 15.9 Å². The Balaban J connectivity index is 2.36. The second-order valence-corrected chi connectivity index (χ2v) is 4.85. The van der Waals surface area contributed by atoms with Gasteiger partial charge in [0, 0.05) is 11.0 Å². The zero-order valence-corrected chi connectivity index (χ0v) is 10.9. The molecule has 0 saturated heterocycles. The zero-order valence-electron chi connectivity index (χ0n) is 9.31. The van der Waals surface area contributed by atoms with E-state index in [1.165, 1.54) is 0 Å². The number of ether oxygens (including phenoxy) is 1. The molecule has 4 nitrogen and oxygen atoms in total. The molecular weight excluding hydrogens is 284 g/mol. The van der Waals surface area contributed by atoms with Gasteiger partial charge >= 0.3 is 0 Å². The molecule has 5 heteroatoms. The highest BCUT2D eigenvalue weighted by Crippen LogP contribution is 2.34. The predicted molar refractivity (Wildman–Crippen MR) is 66.8 cm³/mol.